The van der Waals surface area contributed by atoms with Gasteiger partial charge in [0.1, 0.15) is 0 Å². The lowest BCUT2D eigenvalue weighted by Crippen LogP contribution is -2.62. The van der Waals surface area contributed by atoms with Crippen LogP contribution in [0.1, 0.15) is 44.6 Å². The Morgan fingerprint density at radius 1 is 1.21 bits per heavy atom. The van der Waals surface area contributed by atoms with E-state index in [0.29, 0.717) is 19.4 Å². The lowest BCUT2D eigenvalue weighted by atomic mass is 9.80. The molecule has 1 saturated heterocycles. The van der Waals surface area contributed by atoms with Crippen LogP contribution in [0.3, 0.4) is 0 Å². The molecular weight excluding hydrogens is 380 g/mol. The van der Waals surface area contributed by atoms with Crippen molar-refractivity contribution < 1.29 is 18.0 Å². The third-order valence-electron chi connectivity index (χ3n) is 6.28. The van der Waals surface area contributed by atoms with Gasteiger partial charge >= 0.3 is 6.03 Å². The second-order valence-electron chi connectivity index (χ2n) is 8.48. The number of urea groups is 1. The number of fused-ring (bicyclic) bond motifs is 1. The molecule has 28 heavy (non-hydrogen) atoms. The summed E-state index contributed by atoms with van der Waals surface area (Å²) < 4.78 is 28.5. The van der Waals surface area contributed by atoms with Crippen LogP contribution < -0.4 is 4.72 Å². The lowest BCUT2D eigenvalue weighted by Gasteiger charge is -2.47. The van der Waals surface area contributed by atoms with Crippen molar-refractivity contribution in [1.29, 1.82) is 0 Å². The number of pyridine rings is 1. The zero-order valence-electron chi connectivity index (χ0n) is 16.2. The van der Waals surface area contributed by atoms with Crippen LogP contribution in [0.5, 0.6) is 0 Å². The van der Waals surface area contributed by atoms with Crippen LogP contribution in [-0.4, -0.2) is 59.0 Å². The summed E-state index contributed by atoms with van der Waals surface area (Å²) in [5.74, 6) is -0.773. The van der Waals surface area contributed by atoms with Gasteiger partial charge in [0.2, 0.25) is 15.9 Å². The van der Waals surface area contributed by atoms with Crippen molar-refractivity contribution in [2.75, 3.05) is 7.05 Å². The summed E-state index contributed by atoms with van der Waals surface area (Å²) in [6, 6.07) is 3.09. The molecule has 3 fully saturated rings. The van der Waals surface area contributed by atoms with E-state index >= 15 is 0 Å². The number of carbonyl (C=O) groups is 2. The summed E-state index contributed by atoms with van der Waals surface area (Å²) in [5.41, 5.74) is 0.606. The third kappa shape index (κ3) is 3.53. The maximum Gasteiger partial charge on any atom is 0.327 e. The molecule has 8 nitrogen and oxygen atoms in total. The summed E-state index contributed by atoms with van der Waals surface area (Å²) in [4.78, 5) is 32.4. The monoisotopic (exact) mass is 406 g/mol. The molecule has 0 bridgehead atoms. The van der Waals surface area contributed by atoms with Gasteiger partial charge in [0.15, 0.2) is 0 Å². The van der Waals surface area contributed by atoms with Gasteiger partial charge in [0.25, 0.3) is 0 Å². The van der Waals surface area contributed by atoms with Crippen LogP contribution >= 0.6 is 0 Å². The number of amides is 3. The molecule has 3 aliphatic rings. The molecule has 4 rings (SSSR count). The molecule has 1 N–H and O–H groups in total. The quantitative estimate of drug-likeness (QED) is 0.799. The molecule has 0 radical (unpaired) electrons. The SMILES string of the molecule is CN1C(=O)C2CC(S(=O)(=O)NC3(C)CC3)CCC2N(Cc2ccncc2)C1=O. The first-order valence-corrected chi connectivity index (χ1v) is 11.2. The van der Waals surface area contributed by atoms with E-state index in [1.165, 1.54) is 7.05 Å². The topological polar surface area (TPSA) is 99.7 Å². The van der Waals surface area contributed by atoms with Crippen molar-refractivity contribution in [2.24, 2.45) is 5.92 Å². The van der Waals surface area contributed by atoms with Gasteiger partial charge < -0.3 is 4.90 Å². The van der Waals surface area contributed by atoms with Crippen molar-refractivity contribution in [3.05, 3.63) is 30.1 Å². The maximum atomic E-state index is 12.8. The largest absolute Gasteiger partial charge is 0.327 e. The summed E-state index contributed by atoms with van der Waals surface area (Å²) >= 11 is 0. The fraction of sp³-hybridized carbons (Fsp3) is 0.632. The van der Waals surface area contributed by atoms with Gasteiger partial charge in [-0.1, -0.05) is 0 Å². The Bertz CT molecular complexity index is 884. The molecule has 3 unspecified atom stereocenters. The summed E-state index contributed by atoms with van der Waals surface area (Å²) in [5, 5.41) is -0.598. The van der Waals surface area contributed by atoms with Crippen LogP contribution in [0.15, 0.2) is 24.5 Å². The van der Waals surface area contributed by atoms with Crippen LogP contribution in [0.25, 0.3) is 0 Å². The predicted molar refractivity (Wildman–Crippen MR) is 103 cm³/mol. The molecular formula is C19H26N4O4S. The number of hydrogen-bond donors (Lipinski definition) is 1. The van der Waals surface area contributed by atoms with Crippen molar-refractivity contribution in [3.63, 3.8) is 0 Å². The standard InChI is InChI=1S/C19H26N4O4S/c1-19(7-8-19)21-28(26,27)14-3-4-16-15(11-14)17(24)22(2)18(25)23(16)12-13-5-9-20-10-6-13/h5-6,9-10,14-16,21H,3-4,7-8,11-12H2,1-2H3. The molecule has 152 valence electrons. The minimum atomic E-state index is -3.49. The number of carbonyl (C=O) groups excluding carboxylic acids is 2. The first-order valence-electron chi connectivity index (χ1n) is 9.70. The Morgan fingerprint density at radius 3 is 2.54 bits per heavy atom. The first-order chi connectivity index (χ1) is 13.2. The Hall–Kier alpha value is -2.00. The Labute approximate surface area is 165 Å². The van der Waals surface area contributed by atoms with Gasteiger partial charge in [-0.05, 0) is 56.7 Å². The van der Waals surface area contributed by atoms with E-state index in [9.17, 15) is 18.0 Å². The van der Waals surface area contributed by atoms with E-state index in [0.717, 1.165) is 23.3 Å². The summed E-state index contributed by atoms with van der Waals surface area (Å²) in [6.07, 6.45) is 6.24. The highest BCUT2D eigenvalue weighted by molar-refractivity contribution is 7.90. The number of nitrogens with zero attached hydrogens (tertiary/aromatic N) is 3. The van der Waals surface area contributed by atoms with Gasteiger partial charge in [-0.15, -0.1) is 0 Å². The van der Waals surface area contributed by atoms with Crippen LogP contribution in [0.2, 0.25) is 0 Å². The molecule has 2 heterocycles. The Kier molecular flexibility index (Phi) is 4.70. The predicted octanol–water partition coefficient (Wildman–Crippen LogP) is 1.48. The molecule has 2 aliphatic carbocycles. The average Bonchev–Trinajstić information content (AvgIpc) is 3.39. The number of sulfonamides is 1. The molecule has 3 amide bonds. The zero-order chi connectivity index (χ0) is 20.1. The van der Waals surface area contributed by atoms with Crippen LogP contribution in [0, 0.1) is 5.92 Å². The van der Waals surface area contributed by atoms with E-state index in [1.807, 2.05) is 19.1 Å². The Balaban J connectivity index is 1.55. The van der Waals surface area contributed by atoms with Gasteiger partial charge in [-0.2, -0.15) is 0 Å². The molecule has 2 saturated carbocycles. The van der Waals surface area contributed by atoms with Crippen LogP contribution in [0.4, 0.5) is 4.79 Å². The van der Waals surface area contributed by atoms with Crippen molar-refractivity contribution >= 4 is 22.0 Å². The Morgan fingerprint density at radius 2 is 1.89 bits per heavy atom. The minimum absolute atomic E-state index is 0.249. The zero-order valence-corrected chi connectivity index (χ0v) is 17.0. The van der Waals surface area contributed by atoms with Gasteiger partial charge in [0, 0.05) is 37.6 Å². The molecule has 1 aromatic rings. The lowest BCUT2D eigenvalue weighted by molar-refractivity contribution is -0.139. The van der Waals surface area contributed by atoms with E-state index in [4.69, 9.17) is 0 Å². The fourth-order valence-corrected chi connectivity index (χ4v) is 6.26. The number of rotatable bonds is 5. The van der Waals surface area contributed by atoms with Gasteiger partial charge in [-0.25, -0.2) is 17.9 Å². The molecule has 0 aromatic carbocycles. The first kappa shape index (κ1) is 19.3. The van der Waals surface area contributed by atoms with Crippen molar-refractivity contribution in [2.45, 2.75) is 62.4 Å². The maximum absolute atomic E-state index is 12.8. The van der Waals surface area contributed by atoms with E-state index in [-0.39, 0.29) is 29.9 Å². The second kappa shape index (κ2) is 6.81. The summed E-state index contributed by atoms with van der Waals surface area (Å²) in [6.45, 7) is 2.29. The smallest absolute Gasteiger partial charge is 0.316 e. The number of nitrogens with one attached hydrogen (secondary N) is 1. The number of imide groups is 1. The van der Waals surface area contributed by atoms with E-state index in [1.54, 1.807) is 17.3 Å². The molecule has 1 aliphatic heterocycles. The fourth-order valence-electron chi connectivity index (χ4n) is 4.30. The van der Waals surface area contributed by atoms with Gasteiger partial charge in [-0.3, -0.25) is 14.7 Å². The van der Waals surface area contributed by atoms with E-state index in [2.05, 4.69) is 9.71 Å². The summed E-state index contributed by atoms with van der Waals surface area (Å²) in [7, 11) is -2.02. The number of aromatic nitrogens is 1. The van der Waals surface area contributed by atoms with Crippen LogP contribution in [-0.2, 0) is 21.4 Å². The third-order valence-corrected chi connectivity index (χ3v) is 8.36. The van der Waals surface area contributed by atoms with Crippen molar-refractivity contribution in [3.8, 4) is 0 Å². The second-order valence-corrected chi connectivity index (χ2v) is 10.4. The highest BCUT2D eigenvalue weighted by atomic mass is 32.2. The van der Waals surface area contributed by atoms with Crippen molar-refractivity contribution in [1.82, 2.24) is 19.5 Å². The van der Waals surface area contributed by atoms with Gasteiger partial charge in [0.05, 0.1) is 11.2 Å². The van der Waals surface area contributed by atoms with E-state index < -0.39 is 21.2 Å². The average molecular weight is 407 g/mol. The normalized spacial score (nSPS) is 29.6. The molecule has 9 heteroatoms. The molecule has 3 atom stereocenters. The number of hydrogen-bond acceptors (Lipinski definition) is 5. The molecule has 0 spiro atoms. The highest BCUT2D eigenvalue weighted by Crippen LogP contribution is 2.40. The highest BCUT2D eigenvalue weighted by Gasteiger charge is 2.51. The minimum Gasteiger partial charge on any atom is -0.316 e. The molecule has 1 aromatic heterocycles.